The minimum Gasteiger partial charge on any atom is -0.497 e. The van der Waals surface area contributed by atoms with Crippen molar-refractivity contribution in [2.75, 3.05) is 38.0 Å². The number of nitrogens with one attached hydrogen (secondary N) is 1. The van der Waals surface area contributed by atoms with Crippen molar-refractivity contribution in [3.05, 3.63) is 78.8 Å². The van der Waals surface area contributed by atoms with Crippen LogP contribution in [-0.4, -0.2) is 48.1 Å². The number of imidazole rings is 1. The third-order valence-corrected chi connectivity index (χ3v) is 6.37. The van der Waals surface area contributed by atoms with E-state index in [1.807, 2.05) is 90.8 Å². The number of carbonyl (C=O) groups excluding carboxylic acids is 1. The number of urea groups is 1. The van der Waals surface area contributed by atoms with E-state index in [0.717, 1.165) is 52.6 Å². The van der Waals surface area contributed by atoms with Crippen LogP contribution in [0.5, 0.6) is 5.75 Å². The molecule has 0 radical (unpaired) electrons. The van der Waals surface area contributed by atoms with Crippen LogP contribution in [0.25, 0.3) is 16.8 Å². The number of methoxy groups -OCH3 is 1. The first kappa shape index (κ1) is 21.8. The summed E-state index contributed by atoms with van der Waals surface area (Å²) in [4.78, 5) is 22.3. The molecule has 0 unspecified atom stereocenters. The predicted octanol–water partition coefficient (Wildman–Crippen LogP) is 5.44. The van der Waals surface area contributed by atoms with E-state index in [0.29, 0.717) is 6.54 Å². The molecule has 0 aliphatic carbocycles. The van der Waals surface area contributed by atoms with Crippen LogP contribution in [0.4, 0.5) is 16.2 Å². The van der Waals surface area contributed by atoms with Gasteiger partial charge in [-0.3, -0.25) is 0 Å². The normalized spacial score (nSPS) is 15.5. The van der Waals surface area contributed by atoms with Crippen LogP contribution < -0.4 is 15.0 Å². The van der Waals surface area contributed by atoms with Gasteiger partial charge in [0.1, 0.15) is 11.6 Å². The molecule has 2 aromatic heterocycles. The Morgan fingerprint density at radius 1 is 1.09 bits per heavy atom. The third-order valence-electron chi connectivity index (χ3n) is 6.37. The molecular formula is C27H29N5O2. The van der Waals surface area contributed by atoms with Crippen molar-refractivity contribution in [2.45, 2.75) is 18.9 Å². The maximum absolute atomic E-state index is 13.3. The Morgan fingerprint density at radius 2 is 1.91 bits per heavy atom. The molecule has 174 valence electrons. The van der Waals surface area contributed by atoms with Crippen molar-refractivity contribution >= 4 is 22.9 Å². The minimum atomic E-state index is -0.102. The van der Waals surface area contributed by atoms with Crippen LogP contribution in [0, 0.1) is 0 Å². The number of nitrogens with zero attached hydrogens (tertiary/aromatic N) is 4. The highest BCUT2D eigenvalue weighted by atomic mass is 16.5. The standard InChI is InChI=1S/C27H29N5O2/c1-30(2)21-14-12-20(13-15-21)28-27(33)32-17-7-11-24(32)26-29-25(23-10-4-5-16-31(23)26)19-8-6-9-22(18-19)34-3/h4-6,8-10,12-16,18,24H,7,11,17H2,1-3H3,(H,28,33)/t24-/m0/s1. The fourth-order valence-electron chi connectivity index (χ4n) is 4.60. The highest BCUT2D eigenvalue weighted by molar-refractivity contribution is 5.90. The van der Waals surface area contributed by atoms with Gasteiger partial charge in [0, 0.05) is 43.8 Å². The Bertz CT molecular complexity index is 1310. The molecule has 7 heteroatoms. The van der Waals surface area contributed by atoms with Gasteiger partial charge in [-0.25, -0.2) is 9.78 Å². The number of ether oxygens (including phenoxy) is 1. The predicted molar refractivity (Wildman–Crippen MR) is 136 cm³/mol. The molecule has 1 N–H and O–H groups in total. The van der Waals surface area contributed by atoms with Crippen molar-refractivity contribution in [1.82, 2.24) is 14.3 Å². The fraction of sp³-hybridized carbons (Fsp3) is 0.259. The molecule has 5 rings (SSSR count). The van der Waals surface area contributed by atoms with Gasteiger partial charge in [0.05, 0.1) is 24.4 Å². The average molecular weight is 456 g/mol. The zero-order valence-corrected chi connectivity index (χ0v) is 19.7. The van der Waals surface area contributed by atoms with Crippen LogP contribution in [0.1, 0.15) is 24.7 Å². The van der Waals surface area contributed by atoms with E-state index in [4.69, 9.17) is 9.72 Å². The lowest BCUT2D eigenvalue weighted by molar-refractivity contribution is 0.205. The summed E-state index contributed by atoms with van der Waals surface area (Å²) >= 11 is 0. The Kier molecular flexibility index (Phi) is 5.84. The summed E-state index contributed by atoms with van der Waals surface area (Å²) in [6.07, 6.45) is 3.84. The number of amides is 2. The van der Waals surface area contributed by atoms with Gasteiger partial charge in [-0.2, -0.15) is 0 Å². The van der Waals surface area contributed by atoms with E-state index in [1.165, 1.54) is 0 Å². The molecule has 2 amide bonds. The first-order chi connectivity index (χ1) is 16.5. The summed E-state index contributed by atoms with van der Waals surface area (Å²) in [6, 6.07) is 21.7. The monoisotopic (exact) mass is 455 g/mol. The molecule has 34 heavy (non-hydrogen) atoms. The molecule has 7 nitrogen and oxygen atoms in total. The smallest absolute Gasteiger partial charge is 0.322 e. The van der Waals surface area contributed by atoms with Crippen LogP contribution >= 0.6 is 0 Å². The van der Waals surface area contributed by atoms with Gasteiger partial charge >= 0.3 is 6.03 Å². The van der Waals surface area contributed by atoms with Crippen LogP contribution in [-0.2, 0) is 0 Å². The van der Waals surface area contributed by atoms with E-state index in [9.17, 15) is 4.79 Å². The van der Waals surface area contributed by atoms with Gasteiger partial charge in [-0.05, 0) is 61.4 Å². The summed E-state index contributed by atoms with van der Waals surface area (Å²) < 4.78 is 7.53. The number of rotatable bonds is 5. The van der Waals surface area contributed by atoms with Crippen molar-refractivity contribution in [1.29, 1.82) is 0 Å². The zero-order valence-electron chi connectivity index (χ0n) is 19.7. The summed E-state index contributed by atoms with van der Waals surface area (Å²) in [6.45, 7) is 0.697. The lowest BCUT2D eigenvalue weighted by atomic mass is 10.1. The van der Waals surface area contributed by atoms with Crippen LogP contribution in [0.2, 0.25) is 0 Å². The van der Waals surface area contributed by atoms with Gasteiger partial charge in [0.2, 0.25) is 0 Å². The Hall–Kier alpha value is -4.00. The molecule has 1 fully saturated rings. The van der Waals surface area contributed by atoms with Crippen LogP contribution in [0.15, 0.2) is 72.9 Å². The van der Waals surface area contributed by atoms with Gasteiger partial charge in [0.15, 0.2) is 0 Å². The van der Waals surface area contributed by atoms with E-state index < -0.39 is 0 Å². The van der Waals surface area contributed by atoms with E-state index in [2.05, 4.69) is 15.8 Å². The van der Waals surface area contributed by atoms with Gasteiger partial charge < -0.3 is 24.3 Å². The number of likely N-dealkylation sites (tertiary alicyclic amines) is 1. The second-order valence-electron chi connectivity index (χ2n) is 8.73. The van der Waals surface area contributed by atoms with E-state index in [1.54, 1.807) is 7.11 Å². The van der Waals surface area contributed by atoms with Crippen LogP contribution in [0.3, 0.4) is 0 Å². The molecule has 0 bridgehead atoms. The molecule has 1 aliphatic heterocycles. The van der Waals surface area contributed by atoms with Crippen molar-refractivity contribution in [2.24, 2.45) is 0 Å². The molecular weight excluding hydrogens is 426 g/mol. The number of aromatic nitrogens is 2. The maximum Gasteiger partial charge on any atom is 0.322 e. The van der Waals surface area contributed by atoms with Crippen molar-refractivity contribution in [3.8, 4) is 17.0 Å². The van der Waals surface area contributed by atoms with E-state index >= 15 is 0 Å². The largest absolute Gasteiger partial charge is 0.497 e. The lowest BCUT2D eigenvalue weighted by Crippen LogP contribution is -2.35. The minimum absolute atomic E-state index is 0.101. The van der Waals surface area contributed by atoms with E-state index in [-0.39, 0.29) is 12.1 Å². The average Bonchev–Trinajstić information content (AvgIpc) is 3.49. The Morgan fingerprint density at radius 3 is 2.68 bits per heavy atom. The second kappa shape index (κ2) is 9.09. The second-order valence-corrected chi connectivity index (χ2v) is 8.73. The summed E-state index contributed by atoms with van der Waals surface area (Å²) in [5.41, 5.74) is 4.76. The van der Waals surface area contributed by atoms with Gasteiger partial charge in [0.25, 0.3) is 0 Å². The molecule has 2 aromatic carbocycles. The topological polar surface area (TPSA) is 62.1 Å². The highest BCUT2D eigenvalue weighted by Gasteiger charge is 2.33. The number of anilines is 2. The SMILES string of the molecule is COc1cccc(-c2nc([C@@H]3CCCN3C(=O)Nc3ccc(N(C)C)cc3)n3ccccc23)c1. The number of benzene rings is 2. The summed E-state index contributed by atoms with van der Waals surface area (Å²) in [5.74, 6) is 1.67. The van der Waals surface area contributed by atoms with Gasteiger partial charge in [-0.1, -0.05) is 18.2 Å². The molecule has 1 saturated heterocycles. The van der Waals surface area contributed by atoms with Crippen molar-refractivity contribution in [3.63, 3.8) is 0 Å². The molecule has 0 saturated carbocycles. The Labute approximate surface area is 199 Å². The first-order valence-corrected chi connectivity index (χ1v) is 11.5. The fourth-order valence-corrected chi connectivity index (χ4v) is 4.60. The number of fused-ring (bicyclic) bond motifs is 1. The maximum atomic E-state index is 13.3. The molecule has 3 heterocycles. The number of hydrogen-bond acceptors (Lipinski definition) is 4. The summed E-state index contributed by atoms with van der Waals surface area (Å²) in [7, 11) is 5.66. The third kappa shape index (κ3) is 4.05. The number of carbonyl (C=O) groups is 1. The highest BCUT2D eigenvalue weighted by Crippen LogP contribution is 2.36. The Balaban J connectivity index is 1.46. The quantitative estimate of drug-likeness (QED) is 0.435. The summed E-state index contributed by atoms with van der Waals surface area (Å²) in [5, 5.41) is 3.07. The van der Waals surface area contributed by atoms with Gasteiger partial charge in [-0.15, -0.1) is 0 Å². The molecule has 1 aliphatic rings. The lowest BCUT2D eigenvalue weighted by Gasteiger charge is -2.24. The number of hydrogen-bond donors (Lipinski definition) is 1. The number of pyridine rings is 1. The zero-order chi connectivity index (χ0) is 23.7. The molecule has 1 atom stereocenters. The van der Waals surface area contributed by atoms with Crippen molar-refractivity contribution < 1.29 is 9.53 Å². The molecule has 4 aromatic rings. The first-order valence-electron chi connectivity index (χ1n) is 11.5. The molecule has 0 spiro atoms.